The molecule has 106 heavy (non-hydrogen) atoms. The molecule has 0 fully saturated rings. The first kappa shape index (κ1) is 91.1. The van der Waals surface area contributed by atoms with E-state index in [2.05, 4.69) is 183 Å². The second-order valence-corrected chi connectivity index (χ2v) is 32.9. The van der Waals surface area contributed by atoms with Crippen LogP contribution in [0.3, 0.4) is 0 Å². The molecule has 0 aliphatic rings. The predicted octanol–water partition coefficient (Wildman–Crippen LogP) is 23.6. The van der Waals surface area contributed by atoms with Crippen LogP contribution < -0.4 is 0 Å². The molecule has 0 saturated heterocycles. The molecule has 0 aromatic heterocycles. The van der Waals surface area contributed by atoms with Crippen LogP contribution in [0, 0.1) is 138 Å². The molecule has 0 aliphatic carbocycles. The molecule has 0 amide bonds. The molecule has 0 spiro atoms. The lowest BCUT2D eigenvalue weighted by Gasteiger charge is -2.21. The van der Waals surface area contributed by atoms with Crippen LogP contribution >= 0.6 is 0 Å². The Hall–Kier alpha value is -12.9. The molecular formula is C93H99N13. The van der Waals surface area contributed by atoms with Gasteiger partial charge in [0.25, 0.3) is 0 Å². The number of benzene rings is 8. The topological polar surface area (TPSA) is 270 Å². The summed E-state index contributed by atoms with van der Waals surface area (Å²) in [6.07, 6.45) is 0. The van der Waals surface area contributed by atoms with Crippen LogP contribution in [-0.4, -0.2) is 0 Å². The molecule has 0 heterocycles. The summed E-state index contributed by atoms with van der Waals surface area (Å²) >= 11 is 0. The fourth-order valence-corrected chi connectivity index (χ4v) is 9.97. The summed E-state index contributed by atoms with van der Waals surface area (Å²) in [5, 5.41) is 96.9. The molecule has 8 aromatic rings. The Labute approximate surface area is 634 Å². The van der Waals surface area contributed by atoms with E-state index < -0.39 is 0 Å². The van der Waals surface area contributed by atoms with Gasteiger partial charge in [-0.25, -0.2) is 9.69 Å². The Balaban J connectivity index is 0.000000606. The summed E-state index contributed by atoms with van der Waals surface area (Å²) in [5.41, 5.74) is 16.0. The van der Waals surface area contributed by atoms with Crippen LogP contribution in [0.1, 0.15) is 272 Å². The Morgan fingerprint density at radius 2 is 0.632 bits per heavy atom. The third kappa shape index (κ3) is 29.6. The average molecular weight is 1400 g/mol. The fraction of sp³-hybridized carbons (Fsp3) is 0.344. The highest BCUT2D eigenvalue weighted by molar-refractivity contribution is 5.62. The number of hydrogen-bond donors (Lipinski definition) is 0. The first-order valence-corrected chi connectivity index (χ1v) is 34.3. The van der Waals surface area contributed by atoms with E-state index in [1.165, 1.54) is 11.1 Å². The van der Waals surface area contributed by atoms with Crippen molar-refractivity contribution in [3.63, 3.8) is 0 Å². The third-order valence-electron chi connectivity index (χ3n) is 16.0. The number of nitrogens with zero attached hydrogens (tertiary/aromatic N) is 13. The van der Waals surface area contributed by atoms with Crippen LogP contribution in [0.5, 0.6) is 0 Å². The highest BCUT2D eigenvalue weighted by Gasteiger charge is 2.24. The van der Waals surface area contributed by atoms with Gasteiger partial charge in [0.15, 0.2) is 11.4 Å². The normalized spacial score (nSPS) is 10.5. The molecule has 0 atom stereocenters. The lowest BCUT2D eigenvalue weighted by molar-refractivity contribution is 0.588. The number of nitriles is 11. The monoisotopic (exact) mass is 1400 g/mol. The quantitative estimate of drug-likeness (QED) is 0.129. The maximum atomic E-state index is 8.99. The lowest BCUT2D eigenvalue weighted by Crippen LogP contribution is -2.13. The fourth-order valence-electron chi connectivity index (χ4n) is 9.97. The SMILES string of the molecule is CC(C)(C)c1ccc(C#N)c(C#N)c1.CC(C)(C)c1ccc(C#N)cc1.CC(C)(C)c1ccc(C#N)cc1C#N.CC(C)(C)c1cccc(C#N)c1.CC(C)(C)c1cccc(C#N)c1C#N.CC(C)(C)c1ccccc1C#N.[C-]#[N+]c1cc(C#N)cc(C(C)(C)C)c1.[C-]#[N+]c1cccc(C#N)c1C(C)(C)C. The van der Waals surface area contributed by atoms with Gasteiger partial charge in [-0.05, 0) is 161 Å². The highest BCUT2D eigenvalue weighted by atomic mass is 14.7. The van der Waals surface area contributed by atoms with Crippen LogP contribution in [-0.2, 0) is 43.3 Å². The third-order valence-corrected chi connectivity index (χ3v) is 16.0. The van der Waals surface area contributed by atoms with E-state index in [1.807, 2.05) is 169 Å². The van der Waals surface area contributed by atoms with Gasteiger partial charge in [-0.2, -0.15) is 57.9 Å². The van der Waals surface area contributed by atoms with Crippen LogP contribution in [0.4, 0.5) is 11.4 Å². The first-order valence-electron chi connectivity index (χ1n) is 34.3. The second-order valence-electron chi connectivity index (χ2n) is 32.9. The Morgan fingerprint density at radius 1 is 0.236 bits per heavy atom. The molecule has 13 nitrogen and oxygen atoms in total. The van der Waals surface area contributed by atoms with Crippen molar-refractivity contribution >= 4 is 11.4 Å². The molecule has 536 valence electrons. The van der Waals surface area contributed by atoms with Gasteiger partial charge in [0.05, 0.1) is 106 Å². The maximum Gasteiger partial charge on any atom is 0.192 e. The van der Waals surface area contributed by atoms with Crippen molar-refractivity contribution in [2.75, 3.05) is 0 Å². The number of rotatable bonds is 0. The Morgan fingerprint density at radius 3 is 1.06 bits per heavy atom. The molecular weight excluding hydrogens is 1300 g/mol. The van der Waals surface area contributed by atoms with E-state index in [1.54, 1.807) is 54.6 Å². The van der Waals surface area contributed by atoms with Crippen molar-refractivity contribution < 1.29 is 0 Å². The molecule has 8 rings (SSSR count). The van der Waals surface area contributed by atoms with E-state index in [0.717, 1.165) is 50.1 Å². The zero-order valence-electron chi connectivity index (χ0n) is 66.4. The van der Waals surface area contributed by atoms with E-state index >= 15 is 0 Å². The molecule has 0 aliphatic heterocycles. The summed E-state index contributed by atoms with van der Waals surface area (Å²) in [5.74, 6) is 0. The van der Waals surface area contributed by atoms with Gasteiger partial charge in [-0.3, -0.25) is 0 Å². The minimum absolute atomic E-state index is 0.0135. The molecule has 0 N–H and O–H groups in total. The molecule has 0 saturated carbocycles. The Kier molecular flexibility index (Phi) is 34.5. The van der Waals surface area contributed by atoms with Crippen LogP contribution in [0.2, 0.25) is 0 Å². The van der Waals surface area contributed by atoms with Crippen molar-refractivity contribution in [1.29, 1.82) is 57.9 Å². The van der Waals surface area contributed by atoms with E-state index in [9.17, 15) is 0 Å². The van der Waals surface area contributed by atoms with Gasteiger partial charge in [0.1, 0.15) is 24.3 Å². The molecule has 13 heteroatoms. The first-order chi connectivity index (χ1) is 49.1. The van der Waals surface area contributed by atoms with Gasteiger partial charge in [0, 0.05) is 11.1 Å². The van der Waals surface area contributed by atoms with Crippen molar-refractivity contribution in [3.8, 4) is 66.8 Å². The van der Waals surface area contributed by atoms with Crippen LogP contribution in [0.25, 0.3) is 9.69 Å². The summed E-state index contributed by atoms with van der Waals surface area (Å²) in [7, 11) is 0. The van der Waals surface area contributed by atoms with E-state index in [0.29, 0.717) is 55.9 Å². The second kappa shape index (κ2) is 40.1. The van der Waals surface area contributed by atoms with E-state index in [-0.39, 0.29) is 43.3 Å². The molecule has 0 radical (unpaired) electrons. The number of hydrogen-bond acceptors (Lipinski definition) is 11. The zero-order chi connectivity index (χ0) is 81.4. The summed E-state index contributed by atoms with van der Waals surface area (Å²) in [4.78, 5) is 6.80. The maximum absolute atomic E-state index is 8.99. The van der Waals surface area contributed by atoms with E-state index in [4.69, 9.17) is 71.0 Å². The minimum Gasteiger partial charge on any atom is -0.238 e. The minimum atomic E-state index is -0.161. The molecule has 0 bridgehead atoms. The van der Waals surface area contributed by atoms with Gasteiger partial charge >= 0.3 is 0 Å². The highest BCUT2D eigenvalue weighted by Crippen LogP contribution is 2.35. The largest absolute Gasteiger partial charge is 0.238 e. The van der Waals surface area contributed by atoms with Crippen molar-refractivity contribution in [2.24, 2.45) is 0 Å². The molecule has 0 unspecified atom stereocenters. The lowest BCUT2D eigenvalue weighted by atomic mass is 9.83. The zero-order valence-corrected chi connectivity index (χ0v) is 66.4. The average Bonchev–Trinajstić information content (AvgIpc) is 0.809. The summed E-state index contributed by atoms with van der Waals surface area (Å²) in [6, 6.07) is 72.8. The smallest absolute Gasteiger partial charge is 0.192 e. The van der Waals surface area contributed by atoms with Crippen molar-refractivity contribution in [2.45, 2.75) is 209 Å². The van der Waals surface area contributed by atoms with Crippen molar-refractivity contribution in [3.05, 3.63) is 292 Å². The van der Waals surface area contributed by atoms with Gasteiger partial charge in [-0.1, -0.05) is 257 Å². The van der Waals surface area contributed by atoms with Crippen molar-refractivity contribution in [1.82, 2.24) is 0 Å². The molecule has 8 aromatic carbocycles. The van der Waals surface area contributed by atoms with Gasteiger partial charge in [-0.15, -0.1) is 0 Å². The predicted molar refractivity (Wildman–Crippen MR) is 426 cm³/mol. The van der Waals surface area contributed by atoms with Gasteiger partial charge in [0.2, 0.25) is 0 Å². The summed E-state index contributed by atoms with van der Waals surface area (Å²) in [6.45, 7) is 64.0. The Bertz CT molecular complexity index is 4840. The van der Waals surface area contributed by atoms with Crippen LogP contribution in [0.15, 0.2) is 164 Å². The summed E-state index contributed by atoms with van der Waals surface area (Å²) < 4.78 is 0. The standard InChI is InChI=1S/5C12H12N2.3C11H13N/c1-12(2,3)10-5-9(8-13)6-11(7-10)14-4;1-12(2,3)11-9(8-13)6-5-7-10(11)14-4;1-12(2,3)11-5-4-9(7-13)10(6-11)8-14;1-12(2,3)11-5-4-9(7-13)6-10(11)8-14;1-12(2,3)11-6-4-5-9(7-13)10(11)8-14;1-11(2,3)10-6-4-9(8-12)5-7-10;1-11(2,3)10-6-4-5-9(7-10)8-12;1-11(2,3)10-7-5-4-6-9(10)8-12/h2*5-7H,1-3H3;3*4-6H,1-3H3;3*4-7H,1-3H3. The van der Waals surface area contributed by atoms with Gasteiger partial charge < -0.3 is 0 Å².